The van der Waals surface area contributed by atoms with Crippen molar-refractivity contribution in [2.24, 2.45) is 0 Å². The van der Waals surface area contributed by atoms with E-state index in [2.05, 4.69) is 15.5 Å². The Balaban J connectivity index is 1.60. The van der Waals surface area contributed by atoms with Gasteiger partial charge in [0.15, 0.2) is 5.82 Å². The van der Waals surface area contributed by atoms with Crippen molar-refractivity contribution in [3.8, 4) is 28.4 Å². The number of aryl methyl sites for hydroxylation is 2. The lowest BCUT2D eigenvalue weighted by molar-refractivity contribution is 0.108. The van der Waals surface area contributed by atoms with Crippen molar-refractivity contribution in [3.05, 3.63) is 70.4 Å². The first-order valence-electron chi connectivity index (χ1n) is 12.2. The number of fused-ring (bicyclic) bond motifs is 1. The molecular formula is C27H28F2N6O3. The standard InChI is InChI=1S/C27H28F2N6O3/c1-14-25(24-15(2)34-38-16(24)3)32-26(21-8-20(5-6-22(21)29)37-13-19(36)10-30-4)33-27(14)35-11-17-7-18(28)9-31-23(17)12-35/h5-9,19,30,36H,10-13H2,1-4H3/t19-/m1/s1. The second-order valence-corrected chi connectivity index (χ2v) is 9.32. The summed E-state index contributed by atoms with van der Waals surface area (Å²) in [4.78, 5) is 15.7. The van der Waals surface area contributed by atoms with Gasteiger partial charge in [0.05, 0.1) is 41.0 Å². The first-order valence-corrected chi connectivity index (χ1v) is 12.2. The van der Waals surface area contributed by atoms with E-state index in [1.165, 1.54) is 30.5 Å². The minimum Gasteiger partial charge on any atom is -0.491 e. The number of ether oxygens (including phenoxy) is 1. The van der Waals surface area contributed by atoms with Crippen LogP contribution in [-0.4, -0.2) is 51.5 Å². The van der Waals surface area contributed by atoms with E-state index in [1.807, 2.05) is 18.7 Å². The molecule has 2 N–H and O–H groups in total. The molecule has 198 valence electrons. The smallest absolute Gasteiger partial charge is 0.165 e. The third kappa shape index (κ3) is 4.94. The summed E-state index contributed by atoms with van der Waals surface area (Å²) >= 11 is 0. The van der Waals surface area contributed by atoms with Crippen molar-refractivity contribution in [2.45, 2.75) is 40.0 Å². The minimum atomic E-state index is -0.725. The van der Waals surface area contributed by atoms with E-state index in [0.717, 1.165) is 16.8 Å². The van der Waals surface area contributed by atoms with Gasteiger partial charge in [0, 0.05) is 18.7 Å². The number of pyridine rings is 1. The summed E-state index contributed by atoms with van der Waals surface area (Å²) in [5.74, 6) is 0.732. The predicted molar refractivity (Wildman–Crippen MR) is 137 cm³/mol. The molecule has 1 atom stereocenters. The molecule has 4 aromatic rings. The summed E-state index contributed by atoms with van der Waals surface area (Å²) in [5.41, 5.74) is 4.32. The zero-order valence-corrected chi connectivity index (χ0v) is 21.5. The van der Waals surface area contributed by atoms with E-state index >= 15 is 4.39 Å². The molecule has 0 radical (unpaired) electrons. The number of hydrogen-bond donors (Lipinski definition) is 2. The van der Waals surface area contributed by atoms with Crippen LogP contribution in [0.3, 0.4) is 0 Å². The second-order valence-electron chi connectivity index (χ2n) is 9.32. The highest BCUT2D eigenvalue weighted by Gasteiger charge is 2.28. The maximum absolute atomic E-state index is 15.2. The van der Waals surface area contributed by atoms with Crippen LogP contribution in [0.15, 0.2) is 35.0 Å². The molecule has 0 aliphatic carbocycles. The number of anilines is 1. The van der Waals surface area contributed by atoms with E-state index in [1.54, 1.807) is 14.0 Å². The molecule has 1 aliphatic rings. The normalized spacial score (nSPS) is 13.6. The Hall–Kier alpha value is -3.96. The molecular weight excluding hydrogens is 494 g/mol. The number of aromatic nitrogens is 4. The highest BCUT2D eigenvalue weighted by atomic mass is 19.1. The van der Waals surface area contributed by atoms with E-state index in [4.69, 9.17) is 19.2 Å². The van der Waals surface area contributed by atoms with Crippen LogP contribution in [0.1, 0.15) is 28.3 Å². The van der Waals surface area contributed by atoms with Crippen LogP contribution in [0, 0.1) is 32.4 Å². The van der Waals surface area contributed by atoms with Crippen molar-refractivity contribution < 1.29 is 23.1 Å². The van der Waals surface area contributed by atoms with Crippen LogP contribution in [0.25, 0.3) is 22.6 Å². The summed E-state index contributed by atoms with van der Waals surface area (Å²) in [7, 11) is 1.73. The molecule has 0 unspecified atom stereocenters. The summed E-state index contributed by atoms with van der Waals surface area (Å²) in [6, 6.07) is 5.76. The molecule has 0 saturated heterocycles. The fourth-order valence-electron chi connectivity index (χ4n) is 4.63. The maximum Gasteiger partial charge on any atom is 0.165 e. The van der Waals surface area contributed by atoms with Crippen LogP contribution >= 0.6 is 0 Å². The molecule has 5 rings (SSSR count). The number of rotatable bonds is 8. The van der Waals surface area contributed by atoms with Gasteiger partial charge in [0.1, 0.15) is 41.7 Å². The molecule has 11 heteroatoms. The Bertz CT molecular complexity index is 1470. The lowest BCUT2D eigenvalue weighted by atomic mass is 10.0. The number of benzene rings is 1. The van der Waals surface area contributed by atoms with Gasteiger partial charge in [-0.25, -0.2) is 18.7 Å². The van der Waals surface area contributed by atoms with Gasteiger partial charge in [0.25, 0.3) is 0 Å². The molecule has 3 aromatic heterocycles. The summed E-state index contributed by atoms with van der Waals surface area (Å²) < 4.78 is 40.1. The Kier molecular flexibility index (Phi) is 7.04. The second kappa shape index (κ2) is 10.4. The zero-order valence-electron chi connectivity index (χ0n) is 21.5. The van der Waals surface area contributed by atoms with Crippen LogP contribution in [0.5, 0.6) is 5.75 Å². The monoisotopic (exact) mass is 522 g/mol. The van der Waals surface area contributed by atoms with Crippen molar-refractivity contribution in [1.82, 2.24) is 25.4 Å². The molecule has 0 saturated carbocycles. The average Bonchev–Trinajstić information content (AvgIpc) is 3.46. The highest BCUT2D eigenvalue weighted by Crippen LogP contribution is 2.37. The van der Waals surface area contributed by atoms with Crippen molar-refractivity contribution in [1.29, 1.82) is 0 Å². The van der Waals surface area contributed by atoms with Crippen LogP contribution in [0.4, 0.5) is 14.6 Å². The third-order valence-corrected chi connectivity index (χ3v) is 6.48. The molecule has 4 heterocycles. The Morgan fingerprint density at radius 3 is 2.71 bits per heavy atom. The van der Waals surface area contributed by atoms with E-state index in [0.29, 0.717) is 53.9 Å². The van der Waals surface area contributed by atoms with Gasteiger partial charge < -0.3 is 24.6 Å². The molecule has 0 amide bonds. The van der Waals surface area contributed by atoms with Crippen molar-refractivity contribution in [3.63, 3.8) is 0 Å². The van der Waals surface area contributed by atoms with Gasteiger partial charge in [-0.1, -0.05) is 5.16 Å². The van der Waals surface area contributed by atoms with Gasteiger partial charge in [-0.05, 0) is 57.6 Å². The summed E-state index contributed by atoms with van der Waals surface area (Å²) in [6.07, 6.45) is 0.474. The fraction of sp³-hybridized carbons (Fsp3) is 0.333. The molecule has 0 bridgehead atoms. The van der Waals surface area contributed by atoms with E-state index in [9.17, 15) is 9.50 Å². The van der Waals surface area contributed by atoms with Crippen molar-refractivity contribution >= 4 is 5.82 Å². The number of nitrogens with one attached hydrogen (secondary N) is 1. The third-order valence-electron chi connectivity index (χ3n) is 6.48. The van der Waals surface area contributed by atoms with Gasteiger partial charge in [-0.3, -0.25) is 4.98 Å². The lowest BCUT2D eigenvalue weighted by Crippen LogP contribution is -2.29. The summed E-state index contributed by atoms with van der Waals surface area (Å²) in [5, 5.41) is 16.9. The molecule has 1 aliphatic heterocycles. The predicted octanol–water partition coefficient (Wildman–Crippen LogP) is 3.88. The van der Waals surface area contributed by atoms with Crippen LogP contribution in [-0.2, 0) is 13.1 Å². The van der Waals surface area contributed by atoms with E-state index < -0.39 is 17.7 Å². The Morgan fingerprint density at radius 1 is 1.16 bits per heavy atom. The molecule has 9 nitrogen and oxygen atoms in total. The lowest BCUT2D eigenvalue weighted by Gasteiger charge is -2.21. The number of halogens is 2. The Labute approximate surface area is 218 Å². The molecule has 0 spiro atoms. The first kappa shape index (κ1) is 25.7. The highest BCUT2D eigenvalue weighted by molar-refractivity contribution is 5.75. The van der Waals surface area contributed by atoms with Crippen molar-refractivity contribution in [2.75, 3.05) is 25.1 Å². The zero-order chi connectivity index (χ0) is 27.0. The number of likely N-dealkylation sites (N-methyl/N-ethyl adjacent to an activating group) is 1. The maximum atomic E-state index is 15.2. The fourth-order valence-corrected chi connectivity index (χ4v) is 4.63. The first-order chi connectivity index (χ1) is 18.2. The van der Waals surface area contributed by atoms with Crippen LogP contribution in [0.2, 0.25) is 0 Å². The number of hydrogen-bond acceptors (Lipinski definition) is 9. The number of aliphatic hydroxyl groups excluding tert-OH is 1. The quantitative estimate of drug-likeness (QED) is 0.356. The molecule has 38 heavy (non-hydrogen) atoms. The van der Waals surface area contributed by atoms with Gasteiger partial charge in [0.2, 0.25) is 0 Å². The largest absolute Gasteiger partial charge is 0.491 e. The number of aliphatic hydroxyl groups is 1. The topological polar surface area (TPSA) is 109 Å². The Morgan fingerprint density at radius 2 is 1.97 bits per heavy atom. The minimum absolute atomic E-state index is 0.0336. The number of nitrogens with zero attached hydrogens (tertiary/aromatic N) is 5. The molecule has 0 fully saturated rings. The van der Waals surface area contributed by atoms with E-state index in [-0.39, 0.29) is 18.0 Å². The molecule has 1 aromatic carbocycles. The van der Waals surface area contributed by atoms with Gasteiger partial charge in [-0.2, -0.15) is 0 Å². The van der Waals surface area contributed by atoms with Crippen LogP contribution < -0.4 is 15.0 Å². The average molecular weight is 523 g/mol. The summed E-state index contributed by atoms with van der Waals surface area (Å²) in [6.45, 7) is 6.70. The van der Waals surface area contributed by atoms with Gasteiger partial charge >= 0.3 is 0 Å². The van der Waals surface area contributed by atoms with Gasteiger partial charge in [-0.15, -0.1) is 0 Å². The SMILES string of the molecule is CNC[C@@H](O)COc1ccc(F)c(-c2nc(-c3c(C)noc3C)c(C)c(N3Cc4cc(F)cnc4C3)n2)c1.